The zero-order valence-electron chi connectivity index (χ0n) is 16.4. The van der Waals surface area contributed by atoms with Crippen LogP contribution in [0.5, 0.6) is 0 Å². The van der Waals surface area contributed by atoms with Crippen molar-refractivity contribution in [1.29, 1.82) is 0 Å². The Balaban J connectivity index is 1.38. The van der Waals surface area contributed by atoms with Crippen molar-refractivity contribution in [2.75, 3.05) is 26.2 Å². The largest absolute Gasteiger partial charge is 0.335 e. The van der Waals surface area contributed by atoms with Crippen molar-refractivity contribution in [2.24, 2.45) is 0 Å². The normalized spacial score (nSPS) is 15.2. The van der Waals surface area contributed by atoms with E-state index in [0.29, 0.717) is 6.54 Å². The Morgan fingerprint density at radius 3 is 2.29 bits per heavy atom. The van der Waals surface area contributed by atoms with Crippen molar-refractivity contribution < 1.29 is 17.6 Å². The van der Waals surface area contributed by atoms with Gasteiger partial charge in [-0.25, -0.2) is 17.5 Å². The zero-order valence-corrected chi connectivity index (χ0v) is 18.8. The Hall–Kier alpha value is -2.63. The van der Waals surface area contributed by atoms with Crippen LogP contribution in [-0.4, -0.2) is 64.7 Å². The van der Waals surface area contributed by atoms with Crippen LogP contribution in [-0.2, 0) is 16.6 Å². The summed E-state index contributed by atoms with van der Waals surface area (Å²) in [6.45, 7) is 1.29. The zero-order chi connectivity index (χ0) is 22.0. The number of halogens is 2. The first-order valence-corrected chi connectivity index (χ1v) is 11.8. The van der Waals surface area contributed by atoms with Crippen molar-refractivity contribution in [1.82, 2.24) is 24.2 Å². The molecular weight excluding hydrogens is 489 g/mol. The summed E-state index contributed by atoms with van der Waals surface area (Å²) in [6, 6.07) is 12.5. The third kappa shape index (κ3) is 4.83. The van der Waals surface area contributed by atoms with Crippen LogP contribution < -0.4 is 0 Å². The molecule has 3 aromatic rings. The Bertz CT molecular complexity index is 1170. The van der Waals surface area contributed by atoms with E-state index in [1.165, 1.54) is 27.3 Å². The van der Waals surface area contributed by atoms with Crippen LogP contribution in [0.3, 0.4) is 0 Å². The minimum Gasteiger partial charge on any atom is -0.335 e. The van der Waals surface area contributed by atoms with E-state index in [1.807, 2.05) is 0 Å². The second-order valence-corrected chi connectivity index (χ2v) is 9.93. The van der Waals surface area contributed by atoms with Crippen LogP contribution in [0.15, 0.2) is 64.1 Å². The molecule has 4 rings (SSSR count). The van der Waals surface area contributed by atoms with Gasteiger partial charge in [-0.05, 0) is 42.0 Å². The first kappa shape index (κ1) is 21.6. The molecule has 1 saturated heterocycles. The highest BCUT2D eigenvalue weighted by Crippen LogP contribution is 2.20. The molecule has 31 heavy (non-hydrogen) atoms. The summed E-state index contributed by atoms with van der Waals surface area (Å²) in [5.74, 6) is -0.620. The number of amides is 1. The lowest BCUT2D eigenvalue weighted by molar-refractivity contribution is 0.0692. The molecule has 0 saturated carbocycles. The lowest BCUT2D eigenvalue weighted by Crippen LogP contribution is -2.50. The fraction of sp³-hybridized carbons (Fsp3) is 0.250. The quantitative estimate of drug-likeness (QED) is 0.528. The van der Waals surface area contributed by atoms with Crippen molar-refractivity contribution in [3.63, 3.8) is 0 Å². The topological polar surface area (TPSA) is 88.4 Å². The number of sulfonamides is 1. The van der Waals surface area contributed by atoms with E-state index in [0.717, 1.165) is 10.0 Å². The minimum absolute atomic E-state index is 0.186. The molecule has 1 aromatic heterocycles. The summed E-state index contributed by atoms with van der Waals surface area (Å²) in [5.41, 5.74) is 1.02. The van der Waals surface area contributed by atoms with E-state index in [-0.39, 0.29) is 48.5 Å². The highest BCUT2D eigenvalue weighted by Gasteiger charge is 2.31. The van der Waals surface area contributed by atoms with Crippen molar-refractivity contribution in [3.05, 3.63) is 76.3 Å². The van der Waals surface area contributed by atoms with Crippen LogP contribution in [0.2, 0.25) is 0 Å². The molecule has 11 heteroatoms. The van der Waals surface area contributed by atoms with Gasteiger partial charge in [-0.2, -0.15) is 4.31 Å². The monoisotopic (exact) mass is 507 g/mol. The first-order valence-electron chi connectivity index (χ1n) is 9.52. The standard InChI is InChI=1S/C20H19BrFN5O3S/c21-16-3-7-18(8-4-16)31(29,30)27-11-9-25(10-12-27)20(28)19-14-26(24-23-19)13-15-1-5-17(22)6-2-15/h1-8,14H,9-13H2. The van der Waals surface area contributed by atoms with Crippen molar-refractivity contribution >= 4 is 31.9 Å². The third-order valence-electron chi connectivity index (χ3n) is 4.99. The molecule has 0 spiro atoms. The second-order valence-electron chi connectivity index (χ2n) is 7.08. The summed E-state index contributed by atoms with van der Waals surface area (Å²) in [5, 5.41) is 7.91. The molecule has 1 fully saturated rings. The fourth-order valence-electron chi connectivity index (χ4n) is 3.30. The Labute approximate surface area is 187 Å². The van der Waals surface area contributed by atoms with E-state index in [9.17, 15) is 17.6 Å². The number of piperazine rings is 1. The SMILES string of the molecule is O=C(c1cn(Cc2ccc(F)cc2)nn1)N1CCN(S(=O)(=O)c2ccc(Br)cc2)CC1. The molecule has 0 unspecified atom stereocenters. The van der Waals surface area contributed by atoms with Crippen molar-refractivity contribution in [2.45, 2.75) is 11.4 Å². The minimum atomic E-state index is -3.61. The number of nitrogens with zero attached hydrogens (tertiary/aromatic N) is 5. The predicted molar refractivity (Wildman–Crippen MR) is 114 cm³/mol. The van der Waals surface area contributed by atoms with Gasteiger partial charge in [-0.3, -0.25) is 4.79 Å². The molecule has 1 aliphatic heterocycles. The van der Waals surface area contributed by atoms with Crippen LogP contribution >= 0.6 is 15.9 Å². The molecule has 0 N–H and O–H groups in total. The molecule has 0 aliphatic carbocycles. The average Bonchev–Trinajstić information content (AvgIpc) is 3.24. The van der Waals surface area contributed by atoms with Gasteiger partial charge in [-0.1, -0.05) is 33.3 Å². The highest BCUT2D eigenvalue weighted by molar-refractivity contribution is 9.10. The van der Waals surface area contributed by atoms with E-state index >= 15 is 0 Å². The van der Waals surface area contributed by atoms with Crippen LogP contribution in [0, 0.1) is 5.82 Å². The van der Waals surface area contributed by atoms with Crippen LogP contribution in [0.25, 0.3) is 0 Å². The number of rotatable bonds is 5. The smallest absolute Gasteiger partial charge is 0.276 e. The Morgan fingerprint density at radius 2 is 1.65 bits per heavy atom. The van der Waals surface area contributed by atoms with Gasteiger partial charge in [0.15, 0.2) is 5.69 Å². The van der Waals surface area contributed by atoms with Gasteiger partial charge < -0.3 is 4.90 Å². The number of benzene rings is 2. The van der Waals surface area contributed by atoms with Gasteiger partial charge in [0.05, 0.1) is 17.6 Å². The number of carbonyl (C=O) groups excluding carboxylic acids is 1. The maximum Gasteiger partial charge on any atom is 0.276 e. The van der Waals surface area contributed by atoms with Gasteiger partial charge >= 0.3 is 0 Å². The highest BCUT2D eigenvalue weighted by atomic mass is 79.9. The van der Waals surface area contributed by atoms with E-state index in [2.05, 4.69) is 26.2 Å². The molecule has 0 bridgehead atoms. The number of carbonyl (C=O) groups is 1. The van der Waals surface area contributed by atoms with Gasteiger partial charge in [0.2, 0.25) is 10.0 Å². The molecule has 2 aromatic carbocycles. The number of aromatic nitrogens is 3. The number of hydrogen-bond acceptors (Lipinski definition) is 5. The van der Waals surface area contributed by atoms with Crippen LogP contribution in [0.1, 0.15) is 16.1 Å². The second kappa shape index (κ2) is 8.85. The Morgan fingerprint density at radius 1 is 1.00 bits per heavy atom. The molecule has 8 nitrogen and oxygen atoms in total. The molecule has 162 valence electrons. The van der Waals surface area contributed by atoms with Crippen LogP contribution in [0.4, 0.5) is 4.39 Å². The molecule has 1 aliphatic rings. The summed E-state index contributed by atoms with van der Waals surface area (Å²) < 4.78 is 42.3. The first-order chi connectivity index (χ1) is 14.8. The number of hydrogen-bond donors (Lipinski definition) is 0. The van der Waals surface area contributed by atoms with Gasteiger partial charge in [0.1, 0.15) is 5.82 Å². The Kier molecular flexibility index (Phi) is 6.17. The lowest BCUT2D eigenvalue weighted by atomic mass is 10.2. The van der Waals surface area contributed by atoms with Gasteiger partial charge in [0, 0.05) is 30.7 Å². The van der Waals surface area contributed by atoms with E-state index in [1.54, 1.807) is 41.3 Å². The summed E-state index contributed by atoms with van der Waals surface area (Å²) in [6.07, 6.45) is 1.54. The fourth-order valence-corrected chi connectivity index (χ4v) is 4.99. The maximum atomic E-state index is 13.0. The van der Waals surface area contributed by atoms with Gasteiger partial charge in [-0.15, -0.1) is 5.10 Å². The molecule has 2 heterocycles. The van der Waals surface area contributed by atoms with E-state index in [4.69, 9.17) is 0 Å². The van der Waals surface area contributed by atoms with Gasteiger partial charge in [0.25, 0.3) is 5.91 Å². The predicted octanol–water partition coefficient (Wildman–Crippen LogP) is 2.37. The lowest BCUT2D eigenvalue weighted by Gasteiger charge is -2.33. The molecule has 0 radical (unpaired) electrons. The average molecular weight is 508 g/mol. The molecular formula is C20H19BrFN5O3S. The van der Waals surface area contributed by atoms with E-state index < -0.39 is 10.0 Å². The third-order valence-corrected chi connectivity index (χ3v) is 7.43. The summed E-state index contributed by atoms with van der Waals surface area (Å²) in [4.78, 5) is 14.6. The molecule has 1 amide bonds. The molecule has 0 atom stereocenters. The maximum absolute atomic E-state index is 13.0. The van der Waals surface area contributed by atoms with Crippen molar-refractivity contribution in [3.8, 4) is 0 Å². The summed E-state index contributed by atoms with van der Waals surface area (Å²) >= 11 is 3.30. The summed E-state index contributed by atoms with van der Waals surface area (Å²) in [7, 11) is -3.61.